The lowest BCUT2D eigenvalue weighted by Crippen LogP contribution is -2.13. The lowest BCUT2D eigenvalue weighted by Gasteiger charge is -2.08. The zero-order valence-electron chi connectivity index (χ0n) is 14.7. The molecule has 0 aliphatic carbocycles. The number of rotatable bonds is 3. The number of benzene rings is 2. The average Bonchev–Trinajstić information content (AvgIpc) is 3.11. The minimum atomic E-state index is -0.474. The summed E-state index contributed by atoms with van der Waals surface area (Å²) in [6.07, 6.45) is 1.58. The van der Waals surface area contributed by atoms with Gasteiger partial charge in [-0.3, -0.25) is 4.79 Å². The first-order valence-corrected chi connectivity index (χ1v) is 8.29. The second-order valence-electron chi connectivity index (χ2n) is 6.22. The molecule has 0 radical (unpaired) electrons. The third kappa shape index (κ3) is 3.27. The van der Waals surface area contributed by atoms with E-state index in [1.807, 2.05) is 32.0 Å². The second kappa shape index (κ2) is 6.60. The molecular weight excluding hydrogens is 347 g/mol. The molecule has 0 N–H and O–H groups in total. The van der Waals surface area contributed by atoms with Crippen LogP contribution in [0, 0.1) is 19.7 Å². The Morgan fingerprint density at radius 3 is 2.52 bits per heavy atom. The normalized spacial score (nSPS) is 10.9. The number of nitrogens with zero attached hydrogens (tertiary/aromatic N) is 4. The number of aryl methyl sites for hydroxylation is 2. The molecule has 0 saturated carbocycles. The highest BCUT2D eigenvalue weighted by Gasteiger charge is 2.17. The van der Waals surface area contributed by atoms with Gasteiger partial charge in [-0.1, -0.05) is 23.4 Å². The van der Waals surface area contributed by atoms with Gasteiger partial charge in [0.25, 0.3) is 5.89 Å². The van der Waals surface area contributed by atoms with Gasteiger partial charge in [0.1, 0.15) is 5.82 Å². The van der Waals surface area contributed by atoms with Crippen molar-refractivity contribution in [3.05, 3.63) is 81.9 Å². The van der Waals surface area contributed by atoms with E-state index in [1.165, 1.54) is 18.2 Å². The van der Waals surface area contributed by atoms with Gasteiger partial charge in [0, 0.05) is 12.3 Å². The monoisotopic (exact) mass is 362 g/mol. The molecule has 0 fully saturated rings. The predicted molar refractivity (Wildman–Crippen MR) is 98.0 cm³/mol. The Labute approximate surface area is 153 Å². The lowest BCUT2D eigenvalue weighted by molar-refractivity contribution is 0.429. The fraction of sp³-hybridized carbons (Fsp3) is 0.100. The molecule has 27 heavy (non-hydrogen) atoms. The molecule has 0 saturated heterocycles. The molecule has 7 heteroatoms. The Morgan fingerprint density at radius 2 is 1.78 bits per heavy atom. The first kappa shape index (κ1) is 16.8. The van der Waals surface area contributed by atoms with Crippen LogP contribution in [0.1, 0.15) is 11.1 Å². The Bertz CT molecular complexity index is 1180. The molecule has 4 aromatic rings. The maximum atomic E-state index is 13.9. The van der Waals surface area contributed by atoms with E-state index in [0.717, 1.165) is 16.8 Å². The minimum absolute atomic E-state index is 0.00625. The SMILES string of the molecule is Cc1cc(C)cc(-n2ccc(=O)c(-c3nc(-c4ccccc4F)no3)n2)c1. The highest BCUT2D eigenvalue weighted by molar-refractivity contribution is 5.58. The van der Waals surface area contributed by atoms with E-state index >= 15 is 0 Å². The zero-order chi connectivity index (χ0) is 19.0. The molecular formula is C20H15FN4O2. The zero-order valence-corrected chi connectivity index (χ0v) is 14.7. The summed E-state index contributed by atoms with van der Waals surface area (Å²) in [5.41, 5.74) is 2.80. The summed E-state index contributed by atoms with van der Waals surface area (Å²) in [6.45, 7) is 3.97. The van der Waals surface area contributed by atoms with Gasteiger partial charge >= 0.3 is 0 Å². The van der Waals surface area contributed by atoms with E-state index in [2.05, 4.69) is 15.2 Å². The van der Waals surface area contributed by atoms with Crippen LogP contribution in [-0.4, -0.2) is 19.9 Å². The lowest BCUT2D eigenvalue weighted by atomic mass is 10.1. The van der Waals surface area contributed by atoms with Crippen LogP contribution in [0.2, 0.25) is 0 Å². The van der Waals surface area contributed by atoms with Gasteiger partial charge in [-0.2, -0.15) is 10.1 Å². The number of hydrogen-bond acceptors (Lipinski definition) is 5. The first-order chi connectivity index (χ1) is 13.0. The van der Waals surface area contributed by atoms with Gasteiger partial charge in [0.2, 0.25) is 11.3 Å². The van der Waals surface area contributed by atoms with Crippen molar-refractivity contribution >= 4 is 0 Å². The van der Waals surface area contributed by atoms with E-state index in [9.17, 15) is 9.18 Å². The van der Waals surface area contributed by atoms with E-state index in [0.29, 0.717) is 0 Å². The third-order valence-corrected chi connectivity index (χ3v) is 4.02. The summed E-state index contributed by atoms with van der Waals surface area (Å²) < 4.78 is 20.7. The van der Waals surface area contributed by atoms with Crippen molar-refractivity contribution in [1.82, 2.24) is 19.9 Å². The van der Waals surface area contributed by atoms with Crippen LogP contribution in [0.25, 0.3) is 28.7 Å². The fourth-order valence-electron chi connectivity index (χ4n) is 2.85. The summed E-state index contributed by atoms with van der Waals surface area (Å²) in [4.78, 5) is 16.4. The van der Waals surface area contributed by atoms with Gasteiger partial charge < -0.3 is 4.52 Å². The second-order valence-corrected chi connectivity index (χ2v) is 6.22. The first-order valence-electron chi connectivity index (χ1n) is 8.29. The molecule has 0 aliphatic heterocycles. The number of hydrogen-bond donors (Lipinski definition) is 0. The largest absolute Gasteiger partial charge is 0.332 e. The molecule has 0 atom stereocenters. The quantitative estimate of drug-likeness (QED) is 0.555. The van der Waals surface area contributed by atoms with E-state index in [4.69, 9.17) is 4.52 Å². The molecule has 0 aliphatic rings. The van der Waals surface area contributed by atoms with Gasteiger partial charge in [-0.15, -0.1) is 0 Å². The van der Waals surface area contributed by atoms with Crippen molar-refractivity contribution in [2.75, 3.05) is 0 Å². The highest BCUT2D eigenvalue weighted by atomic mass is 19.1. The van der Waals surface area contributed by atoms with E-state index in [1.54, 1.807) is 23.0 Å². The van der Waals surface area contributed by atoms with Crippen molar-refractivity contribution in [2.45, 2.75) is 13.8 Å². The smallest absolute Gasteiger partial charge is 0.282 e. The Morgan fingerprint density at radius 1 is 1.04 bits per heavy atom. The van der Waals surface area contributed by atoms with E-state index in [-0.39, 0.29) is 28.4 Å². The molecule has 2 aromatic carbocycles. The summed E-state index contributed by atoms with van der Waals surface area (Å²) in [7, 11) is 0. The van der Waals surface area contributed by atoms with Gasteiger partial charge in [-0.25, -0.2) is 9.07 Å². The van der Waals surface area contributed by atoms with Crippen molar-refractivity contribution in [1.29, 1.82) is 0 Å². The number of halogens is 1. The van der Waals surface area contributed by atoms with Gasteiger partial charge in [0.05, 0.1) is 11.3 Å². The van der Waals surface area contributed by atoms with Crippen LogP contribution in [0.15, 0.2) is 64.0 Å². The molecule has 0 spiro atoms. The third-order valence-electron chi connectivity index (χ3n) is 4.02. The molecule has 2 heterocycles. The summed E-state index contributed by atoms with van der Waals surface area (Å²) >= 11 is 0. The van der Waals surface area contributed by atoms with Gasteiger partial charge in [-0.05, 0) is 49.2 Å². The van der Waals surface area contributed by atoms with Crippen molar-refractivity contribution in [3.63, 3.8) is 0 Å². The van der Waals surface area contributed by atoms with E-state index < -0.39 is 5.82 Å². The van der Waals surface area contributed by atoms with Crippen molar-refractivity contribution in [2.24, 2.45) is 0 Å². The molecule has 6 nitrogen and oxygen atoms in total. The average molecular weight is 362 g/mol. The van der Waals surface area contributed by atoms with Crippen molar-refractivity contribution < 1.29 is 8.91 Å². The van der Waals surface area contributed by atoms with Crippen LogP contribution < -0.4 is 5.43 Å². The molecule has 0 bridgehead atoms. The summed E-state index contributed by atoms with van der Waals surface area (Å²) in [5.74, 6) is -0.471. The topological polar surface area (TPSA) is 73.8 Å². The molecule has 0 unspecified atom stereocenters. The van der Waals surface area contributed by atoms with Gasteiger partial charge in [0.15, 0.2) is 5.69 Å². The predicted octanol–water partition coefficient (Wildman–Crippen LogP) is 3.71. The Balaban J connectivity index is 1.79. The van der Waals surface area contributed by atoms with Crippen LogP contribution >= 0.6 is 0 Å². The Hall–Kier alpha value is -3.61. The van der Waals surface area contributed by atoms with Crippen LogP contribution in [-0.2, 0) is 0 Å². The molecule has 4 rings (SSSR count). The minimum Gasteiger partial charge on any atom is -0.332 e. The van der Waals surface area contributed by atoms with Crippen LogP contribution in [0.4, 0.5) is 4.39 Å². The molecule has 0 amide bonds. The molecule has 134 valence electrons. The van der Waals surface area contributed by atoms with Crippen molar-refractivity contribution in [3.8, 4) is 28.7 Å². The summed E-state index contributed by atoms with van der Waals surface area (Å²) in [5, 5.41) is 8.12. The van der Waals surface area contributed by atoms with Crippen LogP contribution in [0.5, 0.6) is 0 Å². The maximum absolute atomic E-state index is 13.9. The highest BCUT2D eigenvalue weighted by Crippen LogP contribution is 2.22. The Kier molecular flexibility index (Phi) is 4.12. The van der Waals surface area contributed by atoms with Crippen LogP contribution in [0.3, 0.4) is 0 Å². The fourth-order valence-corrected chi connectivity index (χ4v) is 2.85. The standard InChI is InChI=1S/C20H15FN4O2/c1-12-9-13(2)11-14(10-12)25-8-7-17(26)18(23-25)20-22-19(24-27-20)15-5-3-4-6-16(15)21/h3-11H,1-2H3. The molecule has 2 aromatic heterocycles. The summed E-state index contributed by atoms with van der Waals surface area (Å²) in [6, 6.07) is 13.4. The maximum Gasteiger partial charge on any atom is 0.282 e. The number of aromatic nitrogens is 4.